The molecule has 1 N–H and O–H groups in total. The van der Waals surface area contributed by atoms with Gasteiger partial charge >= 0.3 is 5.97 Å². The van der Waals surface area contributed by atoms with E-state index in [0.29, 0.717) is 12.1 Å². The number of carbonyl (C=O) groups excluding carboxylic acids is 2. The van der Waals surface area contributed by atoms with Gasteiger partial charge in [0.15, 0.2) is 6.61 Å². The summed E-state index contributed by atoms with van der Waals surface area (Å²) >= 11 is 0. The van der Waals surface area contributed by atoms with Crippen LogP contribution in [0.5, 0.6) is 0 Å². The van der Waals surface area contributed by atoms with Crippen molar-refractivity contribution in [3.63, 3.8) is 0 Å². The first-order valence-electron chi connectivity index (χ1n) is 5.75. The van der Waals surface area contributed by atoms with E-state index < -0.39 is 5.97 Å². The van der Waals surface area contributed by atoms with Gasteiger partial charge in [0.05, 0.1) is 5.56 Å². The molecular weight excluding hydrogens is 232 g/mol. The molecule has 0 aliphatic carbocycles. The number of nitrogens with zero attached hydrogens (tertiary/aromatic N) is 1. The fraction of sp³-hybridized carbons (Fsp3) is 0.385. The molecule has 5 nitrogen and oxygen atoms in total. The third-order valence-electron chi connectivity index (χ3n) is 2.33. The minimum Gasteiger partial charge on any atom is -0.452 e. The van der Waals surface area contributed by atoms with Crippen molar-refractivity contribution in [1.29, 1.82) is 0 Å². The van der Waals surface area contributed by atoms with Crippen molar-refractivity contribution < 1.29 is 14.3 Å². The van der Waals surface area contributed by atoms with Crippen LogP contribution in [0, 0.1) is 0 Å². The van der Waals surface area contributed by atoms with E-state index in [4.69, 9.17) is 4.74 Å². The summed E-state index contributed by atoms with van der Waals surface area (Å²) in [6.45, 7) is 2.08. The molecule has 1 amide bonds. The number of hydrogen-bond acceptors (Lipinski definition) is 4. The molecule has 0 heterocycles. The summed E-state index contributed by atoms with van der Waals surface area (Å²) in [5.74, 6) is -0.790. The maximum absolute atomic E-state index is 11.6. The number of benzene rings is 1. The average molecular weight is 250 g/mol. The summed E-state index contributed by atoms with van der Waals surface area (Å²) in [5, 5.41) is 2.55. The first kappa shape index (κ1) is 14.0. The molecule has 0 atom stereocenters. The Labute approximate surface area is 107 Å². The number of rotatable bonds is 5. The van der Waals surface area contributed by atoms with E-state index in [1.165, 1.54) is 0 Å². The van der Waals surface area contributed by atoms with E-state index in [1.807, 2.05) is 31.1 Å². The topological polar surface area (TPSA) is 58.6 Å². The molecular formula is C13H18N2O3. The molecule has 5 heteroatoms. The van der Waals surface area contributed by atoms with Gasteiger partial charge in [0.25, 0.3) is 5.91 Å². The number of nitrogens with one attached hydrogen (secondary N) is 1. The van der Waals surface area contributed by atoms with Gasteiger partial charge in [0.1, 0.15) is 0 Å². The Hall–Kier alpha value is -2.04. The highest BCUT2D eigenvalue weighted by molar-refractivity contribution is 5.91. The lowest BCUT2D eigenvalue weighted by atomic mass is 10.2. The molecule has 98 valence electrons. The second-order valence-electron chi connectivity index (χ2n) is 3.97. The van der Waals surface area contributed by atoms with E-state index in [1.54, 1.807) is 19.1 Å². The Morgan fingerprint density at radius 3 is 2.33 bits per heavy atom. The predicted octanol–water partition coefficient (Wildman–Crippen LogP) is 1.05. The quantitative estimate of drug-likeness (QED) is 0.793. The molecule has 0 bridgehead atoms. The zero-order valence-electron chi connectivity index (χ0n) is 10.9. The van der Waals surface area contributed by atoms with Crippen LogP contribution in [0.15, 0.2) is 24.3 Å². The van der Waals surface area contributed by atoms with Crippen molar-refractivity contribution in [2.45, 2.75) is 6.92 Å². The third-order valence-corrected chi connectivity index (χ3v) is 2.33. The Balaban J connectivity index is 2.54. The van der Waals surface area contributed by atoms with Crippen LogP contribution in [0.25, 0.3) is 0 Å². The molecule has 1 aromatic carbocycles. The van der Waals surface area contributed by atoms with Crippen LogP contribution in [-0.2, 0) is 9.53 Å². The fourth-order valence-corrected chi connectivity index (χ4v) is 1.36. The zero-order chi connectivity index (χ0) is 13.5. The molecule has 0 fully saturated rings. The minimum absolute atomic E-state index is 0.248. The van der Waals surface area contributed by atoms with E-state index >= 15 is 0 Å². The molecule has 1 rings (SSSR count). The number of esters is 1. The van der Waals surface area contributed by atoms with Gasteiger partial charge in [-0.15, -0.1) is 0 Å². The fourth-order valence-electron chi connectivity index (χ4n) is 1.36. The van der Waals surface area contributed by atoms with Crippen LogP contribution in [0.2, 0.25) is 0 Å². The van der Waals surface area contributed by atoms with E-state index in [2.05, 4.69) is 5.32 Å². The van der Waals surface area contributed by atoms with E-state index in [9.17, 15) is 9.59 Å². The number of ether oxygens (including phenoxy) is 1. The summed E-state index contributed by atoms with van der Waals surface area (Å²) in [7, 11) is 3.84. The third kappa shape index (κ3) is 4.08. The van der Waals surface area contributed by atoms with Crippen LogP contribution in [-0.4, -0.2) is 39.1 Å². The Kier molecular flexibility index (Phi) is 5.17. The molecule has 1 aromatic rings. The standard InChI is InChI=1S/C13H18N2O3/c1-4-14-12(16)9-18-13(17)10-5-7-11(8-6-10)15(2)3/h5-8H,4,9H2,1-3H3,(H,14,16). The highest BCUT2D eigenvalue weighted by Crippen LogP contribution is 2.12. The van der Waals surface area contributed by atoms with Gasteiger partial charge in [-0.1, -0.05) is 0 Å². The van der Waals surface area contributed by atoms with Crippen LogP contribution in [0.4, 0.5) is 5.69 Å². The largest absolute Gasteiger partial charge is 0.452 e. The molecule has 0 aliphatic heterocycles. The van der Waals surface area contributed by atoms with Gasteiger partial charge in [-0.05, 0) is 31.2 Å². The smallest absolute Gasteiger partial charge is 0.338 e. The van der Waals surface area contributed by atoms with Crippen molar-refractivity contribution in [1.82, 2.24) is 5.32 Å². The Morgan fingerprint density at radius 2 is 1.83 bits per heavy atom. The number of anilines is 1. The summed E-state index contributed by atoms with van der Waals surface area (Å²) in [4.78, 5) is 24.7. The number of hydrogen-bond donors (Lipinski definition) is 1. The Morgan fingerprint density at radius 1 is 1.22 bits per heavy atom. The molecule has 0 saturated carbocycles. The maximum atomic E-state index is 11.6. The lowest BCUT2D eigenvalue weighted by Gasteiger charge is -2.12. The minimum atomic E-state index is -0.494. The number of amides is 1. The van der Waals surface area contributed by atoms with E-state index in [-0.39, 0.29) is 12.5 Å². The van der Waals surface area contributed by atoms with Gasteiger partial charge in [0, 0.05) is 26.3 Å². The molecule has 0 saturated heterocycles. The van der Waals surface area contributed by atoms with Crippen LogP contribution >= 0.6 is 0 Å². The molecule has 18 heavy (non-hydrogen) atoms. The van der Waals surface area contributed by atoms with E-state index in [0.717, 1.165) is 5.69 Å². The molecule has 0 aliphatic rings. The highest BCUT2D eigenvalue weighted by Gasteiger charge is 2.09. The summed E-state index contributed by atoms with van der Waals surface area (Å²) in [6, 6.07) is 7.00. The molecule has 0 spiro atoms. The summed E-state index contributed by atoms with van der Waals surface area (Å²) in [5.41, 5.74) is 1.43. The first-order valence-corrected chi connectivity index (χ1v) is 5.75. The monoisotopic (exact) mass is 250 g/mol. The van der Waals surface area contributed by atoms with Crippen molar-refractivity contribution in [3.05, 3.63) is 29.8 Å². The van der Waals surface area contributed by atoms with Crippen LogP contribution < -0.4 is 10.2 Å². The van der Waals surface area contributed by atoms with Gasteiger partial charge in [-0.25, -0.2) is 4.79 Å². The second-order valence-corrected chi connectivity index (χ2v) is 3.97. The van der Waals surface area contributed by atoms with Gasteiger partial charge in [0.2, 0.25) is 0 Å². The second kappa shape index (κ2) is 6.64. The normalized spacial score (nSPS) is 9.72. The van der Waals surface area contributed by atoms with Crippen molar-refractivity contribution in [2.24, 2.45) is 0 Å². The molecule has 0 aromatic heterocycles. The van der Waals surface area contributed by atoms with Gasteiger partial charge < -0.3 is 15.0 Å². The van der Waals surface area contributed by atoms with Crippen molar-refractivity contribution in [2.75, 3.05) is 32.1 Å². The zero-order valence-corrected chi connectivity index (χ0v) is 10.9. The van der Waals surface area contributed by atoms with Gasteiger partial charge in [-0.2, -0.15) is 0 Å². The summed E-state index contributed by atoms with van der Waals surface area (Å²) in [6.07, 6.45) is 0. The molecule has 0 radical (unpaired) electrons. The number of carbonyl (C=O) groups is 2. The maximum Gasteiger partial charge on any atom is 0.338 e. The summed E-state index contributed by atoms with van der Waals surface area (Å²) < 4.78 is 4.88. The average Bonchev–Trinajstić information content (AvgIpc) is 2.36. The predicted molar refractivity (Wildman–Crippen MR) is 69.7 cm³/mol. The molecule has 0 unspecified atom stereocenters. The SMILES string of the molecule is CCNC(=O)COC(=O)c1ccc(N(C)C)cc1. The number of likely N-dealkylation sites (N-methyl/N-ethyl adjacent to an activating group) is 1. The lowest BCUT2D eigenvalue weighted by Crippen LogP contribution is -2.28. The van der Waals surface area contributed by atoms with Gasteiger partial charge in [-0.3, -0.25) is 4.79 Å². The lowest BCUT2D eigenvalue weighted by molar-refractivity contribution is -0.124. The van der Waals surface area contributed by atoms with Crippen molar-refractivity contribution >= 4 is 17.6 Å². The highest BCUT2D eigenvalue weighted by atomic mass is 16.5. The van der Waals surface area contributed by atoms with Crippen molar-refractivity contribution in [3.8, 4) is 0 Å². The van der Waals surface area contributed by atoms with Crippen LogP contribution in [0.3, 0.4) is 0 Å². The Bertz CT molecular complexity index is 413. The van der Waals surface area contributed by atoms with Crippen LogP contribution in [0.1, 0.15) is 17.3 Å². The first-order chi connectivity index (χ1) is 8.54.